The minimum absolute atomic E-state index is 0.00603. The van der Waals surface area contributed by atoms with Crippen molar-refractivity contribution >= 4 is 35.1 Å². The predicted molar refractivity (Wildman–Crippen MR) is 92.7 cm³/mol. The lowest BCUT2D eigenvalue weighted by Gasteiger charge is -2.14. The molecule has 0 aliphatic heterocycles. The third-order valence-electron chi connectivity index (χ3n) is 3.36. The van der Waals surface area contributed by atoms with E-state index in [0.717, 1.165) is 27.9 Å². The maximum atomic E-state index is 12.0. The molecule has 2 aromatic rings. The molecule has 0 spiro atoms. The molecule has 4 nitrogen and oxygen atoms in total. The summed E-state index contributed by atoms with van der Waals surface area (Å²) in [4.78, 5) is 13.1. The van der Waals surface area contributed by atoms with Crippen molar-refractivity contribution in [2.75, 3.05) is 11.1 Å². The van der Waals surface area contributed by atoms with Crippen LogP contribution in [0.4, 0.5) is 5.82 Å². The molecule has 1 aromatic carbocycles. The number of carbonyl (C=O) groups excluding carboxylic acids is 1. The molecule has 0 radical (unpaired) electrons. The van der Waals surface area contributed by atoms with Crippen molar-refractivity contribution in [1.82, 2.24) is 9.78 Å². The van der Waals surface area contributed by atoms with E-state index in [9.17, 15) is 4.79 Å². The van der Waals surface area contributed by atoms with Gasteiger partial charge in [0.2, 0.25) is 5.91 Å². The van der Waals surface area contributed by atoms with Gasteiger partial charge in [-0.05, 0) is 37.6 Å². The Morgan fingerprint density at radius 1 is 1.36 bits per heavy atom. The van der Waals surface area contributed by atoms with Gasteiger partial charge in [-0.25, -0.2) is 4.68 Å². The highest BCUT2D eigenvalue weighted by molar-refractivity contribution is 7.99. The second-order valence-corrected chi connectivity index (χ2v) is 6.62. The van der Waals surface area contributed by atoms with E-state index in [-0.39, 0.29) is 11.9 Å². The Hall–Kier alpha value is -1.46. The number of nitrogens with one attached hydrogen (secondary N) is 1. The highest BCUT2D eigenvalue weighted by Crippen LogP contribution is 2.21. The Balaban J connectivity index is 1.81. The topological polar surface area (TPSA) is 46.9 Å². The molecular formula is C16H20ClN3OS. The fourth-order valence-corrected chi connectivity index (χ4v) is 2.91. The van der Waals surface area contributed by atoms with Gasteiger partial charge in [0.25, 0.3) is 0 Å². The summed E-state index contributed by atoms with van der Waals surface area (Å²) in [5, 5.41) is 7.91. The average Bonchev–Trinajstić information content (AvgIpc) is 2.96. The van der Waals surface area contributed by atoms with Crippen LogP contribution in [0.15, 0.2) is 41.4 Å². The molecule has 6 heteroatoms. The number of aromatic nitrogens is 2. The van der Waals surface area contributed by atoms with Crippen LogP contribution in [0.5, 0.6) is 0 Å². The van der Waals surface area contributed by atoms with Crippen molar-refractivity contribution in [2.24, 2.45) is 0 Å². The number of hydrogen-bond acceptors (Lipinski definition) is 3. The van der Waals surface area contributed by atoms with Gasteiger partial charge in [-0.2, -0.15) is 5.10 Å². The predicted octanol–water partition coefficient (Wildman–Crippen LogP) is 4.63. The number of benzene rings is 1. The van der Waals surface area contributed by atoms with Crippen molar-refractivity contribution in [2.45, 2.75) is 37.6 Å². The minimum Gasteiger partial charge on any atom is -0.311 e. The van der Waals surface area contributed by atoms with Gasteiger partial charge in [-0.1, -0.05) is 18.5 Å². The first-order valence-electron chi connectivity index (χ1n) is 7.32. The van der Waals surface area contributed by atoms with Crippen LogP contribution in [0.3, 0.4) is 0 Å². The largest absolute Gasteiger partial charge is 0.311 e. The first-order valence-corrected chi connectivity index (χ1v) is 8.68. The van der Waals surface area contributed by atoms with E-state index in [2.05, 4.69) is 24.3 Å². The van der Waals surface area contributed by atoms with Crippen LogP contribution in [0.1, 0.15) is 32.7 Å². The Labute approximate surface area is 140 Å². The Bertz CT molecular complexity index is 612. The highest BCUT2D eigenvalue weighted by atomic mass is 35.5. The van der Waals surface area contributed by atoms with Gasteiger partial charge >= 0.3 is 0 Å². The smallest absolute Gasteiger partial charge is 0.226 e. The molecule has 0 bridgehead atoms. The maximum absolute atomic E-state index is 12.0. The molecule has 1 heterocycles. The SMILES string of the molecule is CCC(C)n1nccc1NC(=O)CCSc1ccc(Cl)cc1. The molecule has 0 aliphatic carbocycles. The molecular weight excluding hydrogens is 318 g/mol. The van der Waals surface area contributed by atoms with E-state index in [1.807, 2.05) is 35.0 Å². The zero-order valence-electron chi connectivity index (χ0n) is 12.8. The van der Waals surface area contributed by atoms with E-state index in [0.29, 0.717) is 6.42 Å². The van der Waals surface area contributed by atoms with Gasteiger partial charge in [-0.3, -0.25) is 4.79 Å². The number of rotatable bonds is 7. The van der Waals surface area contributed by atoms with Gasteiger partial charge in [0, 0.05) is 28.2 Å². The summed E-state index contributed by atoms with van der Waals surface area (Å²) in [6.07, 6.45) is 3.14. The van der Waals surface area contributed by atoms with E-state index in [4.69, 9.17) is 11.6 Å². The molecule has 1 amide bonds. The number of thioether (sulfide) groups is 1. The van der Waals surface area contributed by atoms with Gasteiger partial charge in [0.1, 0.15) is 5.82 Å². The number of hydrogen-bond donors (Lipinski definition) is 1. The quantitative estimate of drug-likeness (QED) is 0.749. The van der Waals surface area contributed by atoms with Crippen LogP contribution in [-0.4, -0.2) is 21.4 Å². The van der Waals surface area contributed by atoms with Crippen molar-refractivity contribution < 1.29 is 4.79 Å². The Morgan fingerprint density at radius 2 is 2.09 bits per heavy atom. The Morgan fingerprint density at radius 3 is 2.77 bits per heavy atom. The van der Waals surface area contributed by atoms with Crippen LogP contribution < -0.4 is 5.32 Å². The van der Waals surface area contributed by atoms with Gasteiger partial charge in [0.05, 0.1) is 12.2 Å². The fourth-order valence-electron chi connectivity index (χ4n) is 1.94. The van der Waals surface area contributed by atoms with Gasteiger partial charge in [0.15, 0.2) is 0 Å². The summed E-state index contributed by atoms with van der Waals surface area (Å²) < 4.78 is 1.85. The molecule has 2 rings (SSSR count). The molecule has 0 saturated heterocycles. The standard InChI is InChI=1S/C16H20ClN3OS/c1-3-12(2)20-15(8-10-18-20)19-16(21)9-11-22-14-6-4-13(17)5-7-14/h4-8,10,12H,3,9,11H2,1-2H3,(H,19,21). The average molecular weight is 338 g/mol. The van der Waals surface area contributed by atoms with E-state index in [1.165, 1.54) is 0 Å². The van der Waals surface area contributed by atoms with E-state index in [1.54, 1.807) is 18.0 Å². The molecule has 118 valence electrons. The third-order valence-corrected chi connectivity index (χ3v) is 4.62. The van der Waals surface area contributed by atoms with Crippen LogP contribution >= 0.6 is 23.4 Å². The summed E-state index contributed by atoms with van der Waals surface area (Å²) in [5.74, 6) is 1.49. The lowest BCUT2D eigenvalue weighted by atomic mass is 10.3. The monoisotopic (exact) mass is 337 g/mol. The molecule has 1 unspecified atom stereocenters. The van der Waals surface area contributed by atoms with Crippen LogP contribution in [0, 0.1) is 0 Å². The molecule has 0 saturated carbocycles. The zero-order chi connectivity index (χ0) is 15.9. The Kier molecular flexibility index (Phi) is 6.34. The van der Waals surface area contributed by atoms with E-state index >= 15 is 0 Å². The van der Waals surface area contributed by atoms with Crippen LogP contribution in [-0.2, 0) is 4.79 Å². The fraction of sp³-hybridized carbons (Fsp3) is 0.375. The van der Waals surface area contributed by atoms with Gasteiger partial charge < -0.3 is 5.32 Å². The molecule has 22 heavy (non-hydrogen) atoms. The normalized spacial score (nSPS) is 12.1. The number of carbonyl (C=O) groups is 1. The minimum atomic E-state index is 0.00603. The van der Waals surface area contributed by atoms with Crippen LogP contribution in [0.2, 0.25) is 5.02 Å². The first-order chi connectivity index (χ1) is 10.6. The number of nitrogens with zero attached hydrogens (tertiary/aromatic N) is 2. The molecule has 0 aliphatic rings. The van der Waals surface area contributed by atoms with E-state index < -0.39 is 0 Å². The number of anilines is 1. The number of halogens is 1. The summed E-state index contributed by atoms with van der Waals surface area (Å²) in [6, 6.07) is 9.74. The highest BCUT2D eigenvalue weighted by Gasteiger charge is 2.11. The van der Waals surface area contributed by atoms with Crippen molar-refractivity contribution in [3.63, 3.8) is 0 Å². The molecule has 1 atom stereocenters. The van der Waals surface area contributed by atoms with Crippen molar-refractivity contribution in [3.8, 4) is 0 Å². The second-order valence-electron chi connectivity index (χ2n) is 5.02. The summed E-state index contributed by atoms with van der Waals surface area (Å²) in [6.45, 7) is 4.18. The van der Waals surface area contributed by atoms with Crippen molar-refractivity contribution in [3.05, 3.63) is 41.6 Å². The molecule has 1 aromatic heterocycles. The third kappa shape index (κ3) is 4.78. The van der Waals surface area contributed by atoms with Gasteiger partial charge in [-0.15, -0.1) is 11.8 Å². The number of amides is 1. The molecule has 1 N–H and O–H groups in total. The molecule has 0 fully saturated rings. The second kappa shape index (κ2) is 8.25. The first kappa shape index (κ1) is 16.9. The lowest BCUT2D eigenvalue weighted by Crippen LogP contribution is -2.17. The lowest BCUT2D eigenvalue weighted by molar-refractivity contribution is -0.115. The summed E-state index contributed by atoms with van der Waals surface area (Å²) >= 11 is 7.49. The summed E-state index contributed by atoms with van der Waals surface area (Å²) in [5.41, 5.74) is 0. The van der Waals surface area contributed by atoms with Crippen molar-refractivity contribution in [1.29, 1.82) is 0 Å². The summed E-state index contributed by atoms with van der Waals surface area (Å²) in [7, 11) is 0. The van der Waals surface area contributed by atoms with Crippen LogP contribution in [0.25, 0.3) is 0 Å². The zero-order valence-corrected chi connectivity index (χ0v) is 14.3. The maximum Gasteiger partial charge on any atom is 0.226 e.